The van der Waals surface area contributed by atoms with E-state index in [1.807, 2.05) is 0 Å². The van der Waals surface area contributed by atoms with Gasteiger partial charge in [0.05, 0.1) is 5.02 Å². The Balaban J connectivity index is 2.18. The zero-order valence-corrected chi connectivity index (χ0v) is 9.64. The van der Waals surface area contributed by atoms with Gasteiger partial charge in [0, 0.05) is 5.56 Å². The minimum Gasteiger partial charge on any atom is -0.490 e. The molecule has 1 saturated carbocycles. The fourth-order valence-electron chi connectivity index (χ4n) is 1.74. The number of hydrogen-bond acceptors (Lipinski definition) is 1. The van der Waals surface area contributed by atoms with Crippen molar-refractivity contribution in [1.82, 2.24) is 0 Å². The molecule has 0 aliphatic heterocycles. The standard InChI is InChI=1S/C12H14ClFO/c1-7-3-5-10(7)15-11-6-4-9(14)12(13)8(11)2/h4,6-7,10H,3,5H2,1-2H3/t7-,10-/m1/s1. The van der Waals surface area contributed by atoms with Crippen molar-refractivity contribution in [1.29, 1.82) is 0 Å². The number of hydrogen-bond donors (Lipinski definition) is 0. The fourth-order valence-corrected chi connectivity index (χ4v) is 1.89. The van der Waals surface area contributed by atoms with Gasteiger partial charge in [0.25, 0.3) is 0 Å². The summed E-state index contributed by atoms with van der Waals surface area (Å²) in [6, 6.07) is 3.01. The van der Waals surface area contributed by atoms with E-state index in [2.05, 4.69) is 6.92 Å². The van der Waals surface area contributed by atoms with Crippen LogP contribution in [0.1, 0.15) is 25.3 Å². The van der Waals surface area contributed by atoms with Crippen LogP contribution in [0.5, 0.6) is 5.75 Å². The molecular weight excluding hydrogens is 215 g/mol. The van der Waals surface area contributed by atoms with E-state index in [1.165, 1.54) is 12.5 Å². The lowest BCUT2D eigenvalue weighted by Crippen LogP contribution is -2.34. The third kappa shape index (κ3) is 1.96. The fraction of sp³-hybridized carbons (Fsp3) is 0.500. The van der Waals surface area contributed by atoms with E-state index >= 15 is 0 Å². The molecule has 2 atom stereocenters. The van der Waals surface area contributed by atoms with Crippen molar-refractivity contribution in [2.24, 2.45) is 5.92 Å². The van der Waals surface area contributed by atoms with Crippen LogP contribution in [-0.4, -0.2) is 6.10 Å². The number of ether oxygens (including phenoxy) is 1. The Labute approximate surface area is 94.2 Å². The molecule has 1 aliphatic carbocycles. The minimum atomic E-state index is -0.386. The van der Waals surface area contributed by atoms with E-state index in [0.29, 0.717) is 17.2 Å². The van der Waals surface area contributed by atoms with Gasteiger partial charge in [-0.2, -0.15) is 0 Å². The van der Waals surface area contributed by atoms with E-state index in [9.17, 15) is 4.39 Å². The first-order valence-electron chi connectivity index (χ1n) is 5.21. The van der Waals surface area contributed by atoms with Crippen LogP contribution in [0.2, 0.25) is 5.02 Å². The average Bonchev–Trinajstić information content (AvgIpc) is 2.23. The number of rotatable bonds is 2. The Morgan fingerprint density at radius 1 is 1.40 bits per heavy atom. The predicted molar refractivity (Wildman–Crippen MR) is 59.0 cm³/mol. The van der Waals surface area contributed by atoms with Crippen molar-refractivity contribution in [3.63, 3.8) is 0 Å². The van der Waals surface area contributed by atoms with Crippen LogP contribution >= 0.6 is 11.6 Å². The molecule has 0 bridgehead atoms. The molecule has 82 valence electrons. The lowest BCUT2D eigenvalue weighted by atomic mass is 9.83. The summed E-state index contributed by atoms with van der Waals surface area (Å²) in [7, 11) is 0. The van der Waals surface area contributed by atoms with Gasteiger partial charge in [-0.1, -0.05) is 18.5 Å². The minimum absolute atomic E-state index is 0.166. The predicted octanol–water partition coefficient (Wildman–Crippen LogP) is 3.96. The van der Waals surface area contributed by atoms with Crippen LogP contribution < -0.4 is 4.74 Å². The molecule has 2 rings (SSSR count). The molecule has 3 heteroatoms. The Morgan fingerprint density at radius 2 is 2.13 bits per heavy atom. The van der Waals surface area contributed by atoms with Crippen LogP contribution in [0.15, 0.2) is 12.1 Å². The molecule has 0 N–H and O–H groups in total. The van der Waals surface area contributed by atoms with E-state index < -0.39 is 0 Å². The molecule has 0 radical (unpaired) electrons. The summed E-state index contributed by atoms with van der Waals surface area (Å²) in [6.45, 7) is 3.94. The van der Waals surface area contributed by atoms with Gasteiger partial charge in [0.2, 0.25) is 0 Å². The highest BCUT2D eigenvalue weighted by Gasteiger charge is 2.29. The van der Waals surface area contributed by atoms with Crippen molar-refractivity contribution in [2.45, 2.75) is 32.8 Å². The van der Waals surface area contributed by atoms with Gasteiger partial charge in [0.15, 0.2) is 0 Å². The van der Waals surface area contributed by atoms with E-state index in [4.69, 9.17) is 16.3 Å². The second-order valence-electron chi connectivity index (χ2n) is 4.20. The first kappa shape index (κ1) is 10.7. The molecule has 0 spiro atoms. The van der Waals surface area contributed by atoms with Crippen molar-refractivity contribution >= 4 is 11.6 Å². The molecule has 0 amide bonds. The van der Waals surface area contributed by atoms with Crippen LogP contribution in [0, 0.1) is 18.7 Å². The topological polar surface area (TPSA) is 9.23 Å². The van der Waals surface area contributed by atoms with Crippen LogP contribution in [0.4, 0.5) is 4.39 Å². The highest BCUT2D eigenvalue weighted by atomic mass is 35.5. The Bertz CT molecular complexity index is 378. The SMILES string of the molecule is Cc1c(O[C@@H]2CC[C@H]2C)ccc(F)c1Cl. The lowest BCUT2D eigenvalue weighted by molar-refractivity contribution is 0.0570. The Hall–Kier alpha value is -0.760. The second kappa shape index (κ2) is 4.01. The Morgan fingerprint density at radius 3 is 2.67 bits per heavy atom. The van der Waals surface area contributed by atoms with Crippen molar-refractivity contribution < 1.29 is 9.13 Å². The summed E-state index contributed by atoms with van der Waals surface area (Å²) in [5.41, 5.74) is 0.691. The van der Waals surface area contributed by atoms with Gasteiger partial charge in [0.1, 0.15) is 17.7 Å². The summed E-state index contributed by atoms with van der Waals surface area (Å²) in [5, 5.41) is 0.166. The van der Waals surface area contributed by atoms with E-state index in [-0.39, 0.29) is 16.9 Å². The summed E-state index contributed by atoms with van der Waals surface area (Å²) >= 11 is 5.81. The second-order valence-corrected chi connectivity index (χ2v) is 4.57. The molecule has 1 aliphatic rings. The highest BCUT2D eigenvalue weighted by Crippen LogP contribution is 2.34. The maximum Gasteiger partial charge on any atom is 0.142 e. The van der Waals surface area contributed by atoms with Crippen molar-refractivity contribution in [2.75, 3.05) is 0 Å². The third-order valence-electron chi connectivity index (χ3n) is 3.11. The Kier molecular flexibility index (Phi) is 2.87. The van der Waals surface area contributed by atoms with Gasteiger partial charge in [-0.05, 0) is 37.8 Å². The van der Waals surface area contributed by atoms with Gasteiger partial charge in [-0.15, -0.1) is 0 Å². The van der Waals surface area contributed by atoms with Gasteiger partial charge >= 0.3 is 0 Å². The van der Waals surface area contributed by atoms with Crippen molar-refractivity contribution in [3.8, 4) is 5.75 Å². The molecule has 0 saturated heterocycles. The quantitative estimate of drug-likeness (QED) is 0.745. The summed E-state index contributed by atoms with van der Waals surface area (Å²) in [4.78, 5) is 0. The third-order valence-corrected chi connectivity index (χ3v) is 3.57. The normalized spacial score (nSPS) is 24.8. The zero-order valence-electron chi connectivity index (χ0n) is 8.89. The average molecular weight is 229 g/mol. The van der Waals surface area contributed by atoms with Gasteiger partial charge < -0.3 is 4.74 Å². The number of halogens is 2. The summed E-state index contributed by atoms with van der Waals surface area (Å²) in [6.07, 6.45) is 2.55. The molecule has 0 heterocycles. The molecule has 1 fully saturated rings. The molecule has 1 aromatic carbocycles. The van der Waals surface area contributed by atoms with Gasteiger partial charge in [-0.25, -0.2) is 4.39 Å². The molecule has 1 nitrogen and oxygen atoms in total. The maximum absolute atomic E-state index is 13.1. The molecule has 15 heavy (non-hydrogen) atoms. The highest BCUT2D eigenvalue weighted by molar-refractivity contribution is 6.31. The van der Waals surface area contributed by atoms with Gasteiger partial charge in [-0.3, -0.25) is 0 Å². The molecule has 1 aromatic rings. The van der Waals surface area contributed by atoms with E-state index in [1.54, 1.807) is 13.0 Å². The summed E-state index contributed by atoms with van der Waals surface area (Å²) in [5.74, 6) is 0.911. The molecular formula is C12H14ClFO. The molecule has 0 unspecified atom stereocenters. The van der Waals surface area contributed by atoms with E-state index in [0.717, 1.165) is 6.42 Å². The zero-order chi connectivity index (χ0) is 11.0. The van der Waals surface area contributed by atoms with Crippen LogP contribution in [0.25, 0.3) is 0 Å². The molecule has 0 aromatic heterocycles. The summed E-state index contributed by atoms with van der Waals surface area (Å²) < 4.78 is 18.9. The lowest BCUT2D eigenvalue weighted by Gasteiger charge is -2.34. The monoisotopic (exact) mass is 228 g/mol. The smallest absolute Gasteiger partial charge is 0.142 e. The largest absolute Gasteiger partial charge is 0.490 e. The first-order valence-corrected chi connectivity index (χ1v) is 5.58. The van der Waals surface area contributed by atoms with Crippen molar-refractivity contribution in [3.05, 3.63) is 28.5 Å². The van der Waals surface area contributed by atoms with Crippen LogP contribution in [-0.2, 0) is 0 Å². The first-order chi connectivity index (χ1) is 7.09. The van der Waals surface area contributed by atoms with Crippen LogP contribution in [0.3, 0.4) is 0 Å². The maximum atomic E-state index is 13.1. The number of benzene rings is 1.